The number of aliphatic carboxylic acids is 1. The normalized spacial score (nSPS) is 16.3. The second-order valence-electron chi connectivity index (χ2n) is 6.29. The highest BCUT2D eigenvalue weighted by molar-refractivity contribution is 8.18. The van der Waals surface area contributed by atoms with Crippen LogP contribution in [0.2, 0.25) is 5.02 Å². The molecule has 2 aromatic rings. The Labute approximate surface area is 177 Å². The van der Waals surface area contributed by atoms with Crippen molar-refractivity contribution in [3.05, 3.63) is 69.6 Å². The van der Waals surface area contributed by atoms with E-state index in [1.165, 1.54) is 0 Å². The molecule has 1 fully saturated rings. The van der Waals surface area contributed by atoms with E-state index in [0.29, 0.717) is 22.8 Å². The van der Waals surface area contributed by atoms with Crippen molar-refractivity contribution in [1.29, 1.82) is 0 Å². The van der Waals surface area contributed by atoms with Crippen molar-refractivity contribution < 1.29 is 24.2 Å². The Morgan fingerprint density at radius 2 is 1.90 bits per heavy atom. The molecule has 2 aromatic carbocycles. The highest BCUT2D eigenvalue weighted by atomic mass is 35.5. The first-order chi connectivity index (χ1) is 13.9. The SMILES string of the molecule is CCC(Oc1ccccc1/C=C1/SC(=O)N(Cc2ccc(Cl)cc2)C1=O)C(=O)O. The molecule has 1 saturated heterocycles. The maximum absolute atomic E-state index is 12.7. The molecule has 0 aromatic heterocycles. The number of para-hydroxylation sites is 1. The number of imide groups is 1. The molecule has 29 heavy (non-hydrogen) atoms. The molecule has 6 nitrogen and oxygen atoms in total. The lowest BCUT2D eigenvalue weighted by molar-refractivity contribution is -0.145. The van der Waals surface area contributed by atoms with E-state index in [1.54, 1.807) is 61.5 Å². The van der Waals surface area contributed by atoms with Crippen LogP contribution in [0.15, 0.2) is 53.4 Å². The summed E-state index contributed by atoms with van der Waals surface area (Å²) in [5, 5.41) is 9.43. The van der Waals surface area contributed by atoms with Gasteiger partial charge in [0.15, 0.2) is 6.10 Å². The van der Waals surface area contributed by atoms with Crippen LogP contribution in [0.25, 0.3) is 6.08 Å². The van der Waals surface area contributed by atoms with Crippen molar-refractivity contribution in [2.75, 3.05) is 0 Å². The van der Waals surface area contributed by atoms with Gasteiger partial charge in [-0.2, -0.15) is 0 Å². The first kappa shape index (κ1) is 21.0. The summed E-state index contributed by atoms with van der Waals surface area (Å²) in [5.74, 6) is -1.13. The van der Waals surface area contributed by atoms with Crippen LogP contribution < -0.4 is 4.74 Å². The number of amides is 2. The molecule has 0 radical (unpaired) electrons. The highest BCUT2D eigenvalue weighted by Gasteiger charge is 2.35. The third kappa shape index (κ3) is 4.99. The van der Waals surface area contributed by atoms with Crippen molar-refractivity contribution >= 4 is 46.6 Å². The molecule has 1 aliphatic heterocycles. The molecule has 1 heterocycles. The Morgan fingerprint density at radius 3 is 2.55 bits per heavy atom. The lowest BCUT2D eigenvalue weighted by atomic mass is 10.1. The lowest BCUT2D eigenvalue weighted by Crippen LogP contribution is -2.27. The molecule has 1 atom stereocenters. The van der Waals surface area contributed by atoms with E-state index >= 15 is 0 Å². The Morgan fingerprint density at radius 1 is 1.21 bits per heavy atom. The number of rotatable bonds is 7. The van der Waals surface area contributed by atoms with Crippen LogP contribution in [-0.2, 0) is 16.1 Å². The van der Waals surface area contributed by atoms with Crippen LogP contribution >= 0.6 is 23.4 Å². The molecule has 0 saturated carbocycles. The van der Waals surface area contributed by atoms with Gasteiger partial charge in [0.05, 0.1) is 11.4 Å². The molecule has 1 aliphatic rings. The number of ether oxygens (including phenoxy) is 1. The van der Waals surface area contributed by atoms with Gasteiger partial charge < -0.3 is 9.84 Å². The topological polar surface area (TPSA) is 83.9 Å². The Balaban J connectivity index is 1.82. The van der Waals surface area contributed by atoms with Gasteiger partial charge in [-0.25, -0.2) is 4.79 Å². The van der Waals surface area contributed by atoms with Crippen LogP contribution in [0.1, 0.15) is 24.5 Å². The number of hydrogen-bond donors (Lipinski definition) is 1. The maximum Gasteiger partial charge on any atom is 0.344 e. The van der Waals surface area contributed by atoms with E-state index in [9.17, 15) is 19.5 Å². The summed E-state index contributed by atoms with van der Waals surface area (Å²) in [6.45, 7) is 1.86. The van der Waals surface area contributed by atoms with Gasteiger partial charge in [0, 0.05) is 10.6 Å². The van der Waals surface area contributed by atoms with Crippen LogP contribution in [0.4, 0.5) is 4.79 Å². The van der Waals surface area contributed by atoms with Gasteiger partial charge >= 0.3 is 5.97 Å². The number of hydrogen-bond acceptors (Lipinski definition) is 5. The van der Waals surface area contributed by atoms with E-state index in [1.807, 2.05) is 0 Å². The molecular formula is C21H18ClNO5S. The Hall–Kier alpha value is -2.77. The summed E-state index contributed by atoms with van der Waals surface area (Å²) in [6.07, 6.45) is 0.849. The number of thioether (sulfide) groups is 1. The summed E-state index contributed by atoms with van der Waals surface area (Å²) in [6, 6.07) is 13.7. The van der Waals surface area contributed by atoms with Crippen molar-refractivity contribution in [3.8, 4) is 5.75 Å². The summed E-state index contributed by atoms with van der Waals surface area (Å²) in [4.78, 5) is 37.8. The number of benzene rings is 2. The fourth-order valence-corrected chi connectivity index (χ4v) is 3.67. The van der Waals surface area contributed by atoms with Gasteiger partial charge in [-0.15, -0.1) is 0 Å². The quantitative estimate of drug-likeness (QED) is 0.633. The van der Waals surface area contributed by atoms with Crippen LogP contribution in [-0.4, -0.2) is 33.2 Å². The smallest absolute Gasteiger partial charge is 0.344 e. The van der Waals surface area contributed by atoms with E-state index in [-0.39, 0.29) is 16.7 Å². The maximum atomic E-state index is 12.7. The minimum atomic E-state index is -1.06. The van der Waals surface area contributed by atoms with E-state index in [2.05, 4.69) is 0 Å². The van der Waals surface area contributed by atoms with Gasteiger partial charge in [-0.1, -0.05) is 48.9 Å². The minimum absolute atomic E-state index is 0.147. The molecule has 8 heteroatoms. The van der Waals surface area contributed by atoms with Crippen molar-refractivity contribution in [1.82, 2.24) is 4.90 Å². The largest absolute Gasteiger partial charge is 0.479 e. The lowest BCUT2D eigenvalue weighted by Gasteiger charge is -2.15. The fraction of sp³-hybridized carbons (Fsp3) is 0.190. The van der Waals surface area contributed by atoms with Gasteiger partial charge in [0.1, 0.15) is 5.75 Å². The predicted octanol–water partition coefficient (Wildman–Crippen LogP) is 4.82. The summed E-state index contributed by atoms with van der Waals surface area (Å²) < 4.78 is 5.59. The van der Waals surface area contributed by atoms with Crippen molar-refractivity contribution in [3.63, 3.8) is 0 Å². The standard InChI is InChI=1S/C21H18ClNO5S/c1-2-16(20(25)26)28-17-6-4-3-5-14(17)11-18-19(24)23(21(27)29-18)12-13-7-9-15(22)10-8-13/h3-11,16H,2,12H2,1H3,(H,25,26)/b18-11+. The predicted molar refractivity (Wildman–Crippen MR) is 112 cm³/mol. The summed E-state index contributed by atoms with van der Waals surface area (Å²) >= 11 is 6.71. The second kappa shape index (κ2) is 9.15. The van der Waals surface area contributed by atoms with E-state index in [0.717, 1.165) is 22.2 Å². The highest BCUT2D eigenvalue weighted by Crippen LogP contribution is 2.35. The Kier molecular flexibility index (Phi) is 6.61. The first-order valence-corrected chi connectivity index (χ1v) is 10.1. The molecule has 3 rings (SSSR count). The monoisotopic (exact) mass is 431 g/mol. The molecule has 150 valence electrons. The molecule has 0 aliphatic carbocycles. The van der Waals surface area contributed by atoms with Crippen molar-refractivity contribution in [2.45, 2.75) is 26.0 Å². The molecule has 0 bridgehead atoms. The molecule has 1 unspecified atom stereocenters. The fourth-order valence-electron chi connectivity index (χ4n) is 2.72. The van der Waals surface area contributed by atoms with Crippen LogP contribution in [0, 0.1) is 0 Å². The number of carboxylic acid groups (broad SMARTS) is 1. The molecule has 2 amide bonds. The number of carbonyl (C=O) groups is 3. The Bertz CT molecular complexity index is 973. The van der Waals surface area contributed by atoms with E-state index < -0.39 is 18.0 Å². The van der Waals surface area contributed by atoms with Gasteiger partial charge in [-0.3, -0.25) is 14.5 Å². The molecule has 1 N–H and O–H groups in total. The molecular weight excluding hydrogens is 414 g/mol. The van der Waals surface area contributed by atoms with Crippen LogP contribution in [0.5, 0.6) is 5.75 Å². The number of halogens is 1. The minimum Gasteiger partial charge on any atom is -0.479 e. The summed E-state index contributed by atoms with van der Waals surface area (Å²) in [5.41, 5.74) is 1.32. The van der Waals surface area contributed by atoms with Gasteiger partial charge in [0.2, 0.25) is 0 Å². The zero-order valence-corrected chi connectivity index (χ0v) is 17.1. The second-order valence-corrected chi connectivity index (χ2v) is 7.71. The third-order valence-electron chi connectivity index (χ3n) is 4.25. The number of carboxylic acids is 1. The average molecular weight is 432 g/mol. The zero-order valence-electron chi connectivity index (χ0n) is 15.5. The zero-order chi connectivity index (χ0) is 21.0. The third-order valence-corrected chi connectivity index (χ3v) is 5.41. The van der Waals surface area contributed by atoms with Crippen LogP contribution in [0.3, 0.4) is 0 Å². The first-order valence-electron chi connectivity index (χ1n) is 8.87. The number of carbonyl (C=O) groups excluding carboxylic acids is 2. The van der Waals surface area contributed by atoms with E-state index in [4.69, 9.17) is 16.3 Å². The van der Waals surface area contributed by atoms with Crippen molar-refractivity contribution in [2.24, 2.45) is 0 Å². The summed E-state index contributed by atoms with van der Waals surface area (Å²) in [7, 11) is 0. The molecule has 0 spiro atoms. The number of nitrogens with zero attached hydrogens (tertiary/aromatic N) is 1. The van der Waals surface area contributed by atoms with Gasteiger partial charge in [-0.05, 0) is 48.0 Å². The average Bonchev–Trinajstić information content (AvgIpc) is 2.96. The van der Waals surface area contributed by atoms with Gasteiger partial charge in [0.25, 0.3) is 11.1 Å².